The molecule has 2 aromatic carbocycles. The molecule has 154 valence electrons. The van der Waals surface area contributed by atoms with E-state index in [9.17, 15) is 14.0 Å². The van der Waals surface area contributed by atoms with E-state index in [1.807, 2.05) is 0 Å². The molecule has 1 atom stereocenters. The zero-order valence-electron chi connectivity index (χ0n) is 16.1. The van der Waals surface area contributed by atoms with Gasteiger partial charge in [0.25, 0.3) is 11.8 Å². The van der Waals surface area contributed by atoms with Crippen molar-refractivity contribution in [3.8, 4) is 11.5 Å². The lowest BCUT2D eigenvalue weighted by atomic mass is 10.1. The lowest BCUT2D eigenvalue weighted by Gasteiger charge is -2.33. The first-order chi connectivity index (χ1) is 14.6. The molecule has 8 heteroatoms. The van der Waals surface area contributed by atoms with Crippen LogP contribution in [0.15, 0.2) is 65.1 Å². The van der Waals surface area contributed by atoms with Crippen LogP contribution in [0.25, 0.3) is 0 Å². The minimum atomic E-state index is -0.840. The summed E-state index contributed by atoms with van der Waals surface area (Å²) in [5.41, 5.74) is 0.545. The van der Waals surface area contributed by atoms with Gasteiger partial charge in [0.15, 0.2) is 23.4 Å². The Morgan fingerprint density at radius 2 is 1.90 bits per heavy atom. The third-order valence-corrected chi connectivity index (χ3v) is 4.64. The summed E-state index contributed by atoms with van der Waals surface area (Å²) in [6.45, 7) is 0.00601. The molecule has 4 rings (SSSR count). The Labute approximate surface area is 172 Å². The molecule has 0 fully saturated rings. The van der Waals surface area contributed by atoms with E-state index in [-0.39, 0.29) is 30.6 Å². The second-order valence-electron chi connectivity index (χ2n) is 6.59. The van der Waals surface area contributed by atoms with Gasteiger partial charge in [0, 0.05) is 7.05 Å². The van der Waals surface area contributed by atoms with Gasteiger partial charge < -0.3 is 19.2 Å². The summed E-state index contributed by atoms with van der Waals surface area (Å²) in [6, 6.07) is 16.1. The number of furan rings is 1. The summed E-state index contributed by atoms with van der Waals surface area (Å²) in [5.74, 6) is -0.263. The number of benzene rings is 2. The van der Waals surface area contributed by atoms with Crippen LogP contribution in [0.4, 0.5) is 10.1 Å². The van der Waals surface area contributed by atoms with Crippen LogP contribution in [0.5, 0.6) is 11.5 Å². The summed E-state index contributed by atoms with van der Waals surface area (Å²) in [6.07, 6.45) is -0.840. The molecule has 0 radical (unpaired) electrons. The molecule has 2 heterocycles. The van der Waals surface area contributed by atoms with E-state index in [0.717, 1.165) is 0 Å². The molecular weight excluding hydrogens is 391 g/mol. The number of carbonyl (C=O) groups is 2. The van der Waals surface area contributed by atoms with Crippen LogP contribution in [0, 0.1) is 5.82 Å². The van der Waals surface area contributed by atoms with Crippen molar-refractivity contribution in [3.05, 3.63) is 78.0 Å². The quantitative estimate of drug-likeness (QED) is 0.699. The number of ether oxygens (including phenoxy) is 2. The number of likely N-dealkylation sites (N-methyl/N-ethyl adjacent to an activating group) is 1. The number of nitrogens with one attached hydrogen (secondary N) is 1. The molecule has 0 spiro atoms. The maximum absolute atomic E-state index is 13.7. The Balaban J connectivity index is 1.52. The van der Waals surface area contributed by atoms with Gasteiger partial charge in [0.2, 0.25) is 0 Å². The third kappa shape index (κ3) is 3.84. The number of hydrogen-bond acceptors (Lipinski definition) is 5. The molecule has 0 unspecified atom stereocenters. The molecule has 30 heavy (non-hydrogen) atoms. The normalized spacial score (nSPS) is 15.1. The van der Waals surface area contributed by atoms with Crippen molar-refractivity contribution in [2.45, 2.75) is 12.7 Å². The molecule has 0 aliphatic carbocycles. The van der Waals surface area contributed by atoms with Gasteiger partial charge in [-0.2, -0.15) is 0 Å². The van der Waals surface area contributed by atoms with E-state index in [1.54, 1.807) is 42.5 Å². The smallest absolute Gasteiger partial charge is 0.294 e. The lowest BCUT2D eigenvalue weighted by molar-refractivity contribution is -0.127. The second kappa shape index (κ2) is 8.28. The SMILES string of the molecule is CNC(=O)[C@H]1CN(C(=O)c2ccc(COc3ccccc3F)o2)c2ccccc2O1. The number of carbonyl (C=O) groups excluding carboxylic acids is 2. The van der Waals surface area contributed by atoms with Crippen molar-refractivity contribution in [2.75, 3.05) is 18.5 Å². The fourth-order valence-electron chi connectivity index (χ4n) is 3.14. The highest BCUT2D eigenvalue weighted by Crippen LogP contribution is 2.34. The fourth-order valence-corrected chi connectivity index (χ4v) is 3.14. The topological polar surface area (TPSA) is 81.0 Å². The molecule has 0 saturated heterocycles. The van der Waals surface area contributed by atoms with Gasteiger partial charge >= 0.3 is 0 Å². The zero-order chi connectivity index (χ0) is 21.1. The van der Waals surface area contributed by atoms with E-state index in [2.05, 4.69) is 5.32 Å². The van der Waals surface area contributed by atoms with Crippen molar-refractivity contribution in [3.63, 3.8) is 0 Å². The monoisotopic (exact) mass is 410 g/mol. The Morgan fingerprint density at radius 1 is 1.13 bits per heavy atom. The summed E-state index contributed by atoms with van der Waals surface area (Å²) in [5, 5.41) is 2.53. The van der Waals surface area contributed by atoms with Gasteiger partial charge in [-0.15, -0.1) is 0 Å². The minimum Gasteiger partial charge on any atom is -0.483 e. The predicted molar refractivity (Wildman–Crippen MR) is 106 cm³/mol. The summed E-state index contributed by atoms with van der Waals surface area (Å²) < 4.78 is 30.4. The average Bonchev–Trinajstić information content (AvgIpc) is 3.25. The maximum Gasteiger partial charge on any atom is 0.294 e. The molecule has 1 aromatic heterocycles. The Morgan fingerprint density at radius 3 is 2.70 bits per heavy atom. The molecule has 3 aromatic rings. The number of rotatable bonds is 5. The van der Waals surface area contributed by atoms with Crippen LogP contribution in [0.3, 0.4) is 0 Å². The number of fused-ring (bicyclic) bond motifs is 1. The van der Waals surface area contributed by atoms with Gasteiger partial charge in [0.1, 0.15) is 18.1 Å². The first kappa shape index (κ1) is 19.5. The summed E-state index contributed by atoms with van der Waals surface area (Å²) >= 11 is 0. The Kier molecular flexibility index (Phi) is 5.38. The van der Waals surface area contributed by atoms with E-state index in [4.69, 9.17) is 13.9 Å². The molecule has 7 nitrogen and oxygen atoms in total. The minimum absolute atomic E-state index is 0.0330. The van der Waals surface area contributed by atoms with Crippen LogP contribution in [-0.4, -0.2) is 31.5 Å². The highest BCUT2D eigenvalue weighted by molar-refractivity contribution is 6.06. The number of halogens is 1. The molecule has 1 N–H and O–H groups in total. The van der Waals surface area contributed by atoms with Crippen molar-refractivity contribution in [1.29, 1.82) is 0 Å². The molecular formula is C22H19FN2O5. The van der Waals surface area contributed by atoms with Gasteiger partial charge in [-0.05, 0) is 36.4 Å². The standard InChI is InChI=1S/C22H19FN2O5/c1-24-21(26)20-12-25(16-7-3-5-9-18(16)30-20)22(27)19-11-10-14(29-19)13-28-17-8-4-2-6-15(17)23/h2-11,20H,12-13H2,1H3,(H,24,26)/t20-/m1/s1. The highest BCUT2D eigenvalue weighted by atomic mass is 19.1. The van der Waals surface area contributed by atoms with Crippen molar-refractivity contribution in [2.24, 2.45) is 0 Å². The molecule has 1 aliphatic rings. The van der Waals surface area contributed by atoms with Crippen molar-refractivity contribution < 1.29 is 27.9 Å². The number of anilines is 1. The van der Waals surface area contributed by atoms with Crippen LogP contribution < -0.4 is 19.7 Å². The number of nitrogens with zero attached hydrogens (tertiary/aromatic N) is 1. The number of hydrogen-bond donors (Lipinski definition) is 1. The van der Waals surface area contributed by atoms with Gasteiger partial charge in [-0.25, -0.2) is 4.39 Å². The molecule has 0 saturated carbocycles. The largest absolute Gasteiger partial charge is 0.483 e. The first-order valence-corrected chi connectivity index (χ1v) is 9.32. The van der Waals surface area contributed by atoms with Gasteiger partial charge in [0.05, 0.1) is 12.2 Å². The third-order valence-electron chi connectivity index (χ3n) is 4.64. The lowest BCUT2D eigenvalue weighted by Crippen LogP contribution is -2.50. The predicted octanol–water partition coefficient (Wildman–Crippen LogP) is 3.15. The Bertz CT molecular complexity index is 1080. The second-order valence-corrected chi connectivity index (χ2v) is 6.59. The fraction of sp³-hybridized carbons (Fsp3) is 0.182. The molecule has 1 aliphatic heterocycles. The highest BCUT2D eigenvalue weighted by Gasteiger charge is 2.34. The van der Waals surface area contributed by atoms with Crippen LogP contribution in [-0.2, 0) is 11.4 Å². The van der Waals surface area contributed by atoms with Crippen LogP contribution >= 0.6 is 0 Å². The average molecular weight is 410 g/mol. The van der Waals surface area contributed by atoms with E-state index >= 15 is 0 Å². The van der Waals surface area contributed by atoms with Crippen molar-refractivity contribution in [1.82, 2.24) is 5.32 Å². The Hall–Kier alpha value is -3.81. The van der Waals surface area contributed by atoms with Crippen LogP contribution in [0.2, 0.25) is 0 Å². The van der Waals surface area contributed by atoms with Gasteiger partial charge in [-0.1, -0.05) is 24.3 Å². The van der Waals surface area contributed by atoms with Crippen LogP contribution in [0.1, 0.15) is 16.3 Å². The number of amides is 2. The first-order valence-electron chi connectivity index (χ1n) is 9.32. The molecule has 2 amide bonds. The van der Waals surface area contributed by atoms with E-state index in [1.165, 1.54) is 30.1 Å². The number of para-hydroxylation sites is 3. The zero-order valence-corrected chi connectivity index (χ0v) is 16.1. The van der Waals surface area contributed by atoms with E-state index < -0.39 is 17.8 Å². The maximum atomic E-state index is 13.7. The summed E-state index contributed by atoms with van der Waals surface area (Å²) in [4.78, 5) is 26.6. The van der Waals surface area contributed by atoms with Crippen molar-refractivity contribution >= 4 is 17.5 Å². The molecule has 0 bridgehead atoms. The van der Waals surface area contributed by atoms with E-state index in [0.29, 0.717) is 17.2 Å². The van der Waals surface area contributed by atoms with Gasteiger partial charge in [-0.3, -0.25) is 14.5 Å². The summed E-state index contributed by atoms with van der Waals surface area (Å²) in [7, 11) is 1.51.